The van der Waals surface area contributed by atoms with Crippen LogP contribution in [-0.2, 0) is 15.3 Å². The van der Waals surface area contributed by atoms with E-state index in [-0.39, 0.29) is 11.7 Å². The number of hydrogen-bond donors (Lipinski definition) is 1. The van der Waals surface area contributed by atoms with Gasteiger partial charge >= 0.3 is 0 Å². The third kappa shape index (κ3) is 4.05. The average molecular weight is 359 g/mol. The number of anilines is 1. The molecule has 0 bridgehead atoms. The van der Waals surface area contributed by atoms with E-state index < -0.39 is 5.41 Å². The minimum atomic E-state index is -0.405. The highest BCUT2D eigenvalue weighted by atomic mass is 32.2. The molecule has 0 unspecified atom stereocenters. The molecule has 25 heavy (non-hydrogen) atoms. The summed E-state index contributed by atoms with van der Waals surface area (Å²) in [5.74, 6) is 0.326. The van der Waals surface area contributed by atoms with Crippen molar-refractivity contribution in [2.45, 2.75) is 29.9 Å². The van der Waals surface area contributed by atoms with Crippen molar-refractivity contribution in [2.24, 2.45) is 5.41 Å². The Labute approximate surface area is 152 Å². The summed E-state index contributed by atoms with van der Waals surface area (Å²) in [6, 6.07) is 14.4. The van der Waals surface area contributed by atoms with Crippen LogP contribution in [0.2, 0.25) is 0 Å². The summed E-state index contributed by atoms with van der Waals surface area (Å²) in [5, 5.41) is 3.06. The summed E-state index contributed by atoms with van der Waals surface area (Å²) in [5.41, 5.74) is 1.03. The second-order valence-corrected chi connectivity index (χ2v) is 7.41. The third-order valence-electron chi connectivity index (χ3n) is 4.69. The Morgan fingerprint density at radius 1 is 1.20 bits per heavy atom. The van der Waals surface area contributed by atoms with Crippen LogP contribution >= 0.6 is 11.8 Å². The number of para-hydroxylation sites is 1. The first kappa shape index (κ1) is 18.0. The summed E-state index contributed by atoms with van der Waals surface area (Å²) in [4.78, 5) is 13.7. The zero-order valence-electron chi connectivity index (χ0n) is 14.3. The van der Waals surface area contributed by atoms with Crippen LogP contribution in [0.1, 0.15) is 24.8 Å². The van der Waals surface area contributed by atoms with E-state index in [4.69, 9.17) is 4.74 Å². The lowest BCUT2D eigenvalue weighted by Crippen LogP contribution is -2.45. The van der Waals surface area contributed by atoms with E-state index in [0.717, 1.165) is 29.8 Å². The van der Waals surface area contributed by atoms with E-state index in [1.165, 1.54) is 17.8 Å². The monoisotopic (exact) mass is 359 g/mol. The molecular formula is C20H22FNO2S. The predicted molar refractivity (Wildman–Crippen MR) is 99.2 cm³/mol. The van der Waals surface area contributed by atoms with E-state index in [9.17, 15) is 9.18 Å². The lowest BCUT2D eigenvalue weighted by atomic mass is 9.68. The van der Waals surface area contributed by atoms with Gasteiger partial charge in [-0.1, -0.05) is 36.8 Å². The second kappa shape index (κ2) is 8.02. The molecule has 0 radical (unpaired) electrons. The molecule has 1 N–H and O–H groups in total. The number of methoxy groups -OCH3 is 1. The van der Waals surface area contributed by atoms with Gasteiger partial charge in [0.15, 0.2) is 0 Å². The van der Waals surface area contributed by atoms with Crippen LogP contribution in [0, 0.1) is 11.2 Å². The van der Waals surface area contributed by atoms with Gasteiger partial charge in [-0.05, 0) is 36.6 Å². The number of nitrogens with one attached hydrogen (secondary N) is 1. The van der Waals surface area contributed by atoms with Crippen LogP contribution in [0.25, 0.3) is 0 Å². The molecule has 1 fully saturated rings. The zero-order chi connectivity index (χ0) is 17.7. The highest BCUT2D eigenvalue weighted by Crippen LogP contribution is 2.42. The molecule has 132 valence electrons. The number of ether oxygens (including phenoxy) is 1. The summed E-state index contributed by atoms with van der Waals surface area (Å²) in [6.45, 7) is 0.448. The zero-order valence-corrected chi connectivity index (χ0v) is 15.1. The normalized spacial score (nSPS) is 15.4. The molecule has 0 spiro atoms. The van der Waals surface area contributed by atoms with E-state index >= 15 is 0 Å². The molecule has 2 aromatic carbocycles. The number of hydrogen-bond acceptors (Lipinski definition) is 3. The Morgan fingerprint density at radius 2 is 1.92 bits per heavy atom. The first-order valence-electron chi connectivity index (χ1n) is 8.40. The molecule has 1 aliphatic carbocycles. The molecule has 0 aromatic heterocycles. The summed E-state index contributed by atoms with van der Waals surface area (Å²) >= 11 is 1.52. The first-order valence-corrected chi connectivity index (χ1v) is 9.39. The van der Waals surface area contributed by atoms with Gasteiger partial charge in [0, 0.05) is 17.8 Å². The van der Waals surface area contributed by atoms with Crippen LogP contribution in [0.4, 0.5) is 10.1 Å². The fraction of sp³-hybridized carbons (Fsp3) is 0.350. The van der Waals surface area contributed by atoms with Crippen molar-refractivity contribution in [3.8, 4) is 0 Å². The Morgan fingerprint density at radius 3 is 2.60 bits per heavy atom. The number of carbonyl (C=O) groups is 1. The Balaban J connectivity index is 1.71. The van der Waals surface area contributed by atoms with Crippen LogP contribution in [-0.4, -0.2) is 19.6 Å². The molecule has 1 amide bonds. The van der Waals surface area contributed by atoms with Gasteiger partial charge < -0.3 is 10.1 Å². The van der Waals surface area contributed by atoms with Crippen molar-refractivity contribution < 1.29 is 13.9 Å². The number of carbonyl (C=O) groups excluding carboxylic acids is 1. The average Bonchev–Trinajstić information content (AvgIpc) is 2.58. The standard InChI is InChI=1S/C20H22FNO2S/c1-24-14-20(11-6-12-20)19(23)22-17-9-4-5-10-18(17)25-13-15-7-2-3-8-16(15)21/h2-5,7-10H,6,11-14H2,1H3,(H,22,23). The van der Waals surface area contributed by atoms with E-state index in [1.54, 1.807) is 19.2 Å². The molecule has 3 rings (SSSR count). The van der Waals surface area contributed by atoms with Gasteiger partial charge in [-0.3, -0.25) is 4.79 Å². The van der Waals surface area contributed by atoms with Crippen molar-refractivity contribution >= 4 is 23.4 Å². The van der Waals surface area contributed by atoms with E-state index in [2.05, 4.69) is 5.32 Å². The SMILES string of the molecule is COCC1(C(=O)Nc2ccccc2SCc2ccccc2F)CCC1. The third-order valence-corrected chi connectivity index (χ3v) is 5.81. The highest BCUT2D eigenvalue weighted by Gasteiger charge is 2.44. The number of rotatable bonds is 7. The topological polar surface area (TPSA) is 38.3 Å². The van der Waals surface area contributed by atoms with Gasteiger partial charge in [0.05, 0.1) is 17.7 Å². The van der Waals surface area contributed by atoms with Gasteiger partial charge in [-0.25, -0.2) is 4.39 Å². The van der Waals surface area contributed by atoms with Gasteiger partial charge in [0.2, 0.25) is 5.91 Å². The van der Waals surface area contributed by atoms with Crippen molar-refractivity contribution in [1.82, 2.24) is 0 Å². The van der Waals surface area contributed by atoms with Crippen molar-refractivity contribution in [2.75, 3.05) is 19.0 Å². The lowest BCUT2D eigenvalue weighted by Gasteiger charge is -2.39. The van der Waals surface area contributed by atoms with Crippen LogP contribution < -0.4 is 5.32 Å². The Hall–Kier alpha value is -1.85. The molecule has 2 aromatic rings. The minimum Gasteiger partial charge on any atom is -0.384 e. The Bertz CT molecular complexity index is 746. The van der Waals surface area contributed by atoms with Crippen molar-refractivity contribution in [3.05, 3.63) is 59.9 Å². The molecule has 1 saturated carbocycles. The maximum Gasteiger partial charge on any atom is 0.232 e. The Kier molecular flexibility index (Phi) is 5.76. The maximum atomic E-state index is 13.8. The highest BCUT2D eigenvalue weighted by molar-refractivity contribution is 7.98. The molecule has 1 aliphatic rings. The second-order valence-electron chi connectivity index (χ2n) is 6.40. The fourth-order valence-electron chi connectivity index (χ4n) is 3.04. The number of halogens is 1. The van der Waals surface area contributed by atoms with Crippen molar-refractivity contribution in [1.29, 1.82) is 0 Å². The van der Waals surface area contributed by atoms with Crippen molar-refractivity contribution in [3.63, 3.8) is 0 Å². The fourth-order valence-corrected chi connectivity index (χ4v) is 4.03. The summed E-state index contributed by atoms with van der Waals surface area (Å²) < 4.78 is 19.0. The van der Waals surface area contributed by atoms with Crippen LogP contribution in [0.5, 0.6) is 0 Å². The molecular weight excluding hydrogens is 337 g/mol. The van der Waals surface area contributed by atoms with Gasteiger partial charge in [-0.15, -0.1) is 11.8 Å². The largest absolute Gasteiger partial charge is 0.384 e. The van der Waals surface area contributed by atoms with Gasteiger partial charge in [0.1, 0.15) is 5.82 Å². The lowest BCUT2D eigenvalue weighted by molar-refractivity contribution is -0.134. The molecule has 0 saturated heterocycles. The van der Waals surface area contributed by atoms with Gasteiger partial charge in [0.25, 0.3) is 0 Å². The summed E-state index contributed by atoms with van der Waals surface area (Å²) in [7, 11) is 1.63. The number of benzene rings is 2. The van der Waals surface area contributed by atoms with E-state index in [1.807, 2.05) is 30.3 Å². The first-order chi connectivity index (χ1) is 12.1. The molecule has 5 heteroatoms. The quantitative estimate of drug-likeness (QED) is 0.717. The maximum absolute atomic E-state index is 13.8. The summed E-state index contributed by atoms with van der Waals surface area (Å²) in [6.07, 6.45) is 2.77. The van der Waals surface area contributed by atoms with E-state index in [0.29, 0.717) is 17.9 Å². The van der Waals surface area contributed by atoms with Gasteiger partial charge in [-0.2, -0.15) is 0 Å². The number of thioether (sulfide) groups is 1. The predicted octanol–water partition coefficient (Wildman–Crippen LogP) is 4.87. The minimum absolute atomic E-state index is 0.0135. The molecule has 0 aliphatic heterocycles. The molecule has 0 atom stereocenters. The number of amides is 1. The smallest absolute Gasteiger partial charge is 0.232 e. The van der Waals surface area contributed by atoms with Crippen LogP contribution in [0.15, 0.2) is 53.4 Å². The molecule has 0 heterocycles. The molecule has 3 nitrogen and oxygen atoms in total. The van der Waals surface area contributed by atoms with Crippen LogP contribution in [0.3, 0.4) is 0 Å².